The number of benzene rings is 1. The zero-order valence-electron chi connectivity index (χ0n) is 14.5. The number of carbonyl (C=O) groups excluding carboxylic acids is 2. The first-order valence-corrected chi connectivity index (χ1v) is 10.1. The molecule has 25 heavy (non-hydrogen) atoms. The van der Waals surface area contributed by atoms with Crippen LogP contribution in [0, 0.1) is 0 Å². The van der Waals surface area contributed by atoms with Crippen molar-refractivity contribution in [3.8, 4) is 5.75 Å². The van der Waals surface area contributed by atoms with E-state index >= 15 is 0 Å². The van der Waals surface area contributed by atoms with E-state index in [9.17, 15) is 18.0 Å². The molecule has 0 saturated carbocycles. The van der Waals surface area contributed by atoms with Gasteiger partial charge in [0.05, 0.1) is 19.3 Å². The maximum atomic E-state index is 12.0. The number of hydrogen-bond donors (Lipinski definition) is 1. The number of ketones is 1. The van der Waals surface area contributed by atoms with Gasteiger partial charge in [0.2, 0.25) is 15.9 Å². The van der Waals surface area contributed by atoms with Crippen LogP contribution in [0.5, 0.6) is 5.75 Å². The maximum absolute atomic E-state index is 12.0. The van der Waals surface area contributed by atoms with Gasteiger partial charge >= 0.3 is 0 Å². The van der Waals surface area contributed by atoms with Crippen molar-refractivity contribution in [1.29, 1.82) is 0 Å². The Hall–Kier alpha value is -1.93. The first kappa shape index (κ1) is 19.4. The Morgan fingerprint density at radius 1 is 1.20 bits per heavy atom. The van der Waals surface area contributed by atoms with Gasteiger partial charge in [0.15, 0.2) is 5.78 Å². The lowest BCUT2D eigenvalue weighted by molar-refractivity contribution is -0.122. The van der Waals surface area contributed by atoms with Crippen molar-refractivity contribution < 1.29 is 22.7 Å². The molecule has 0 spiro atoms. The summed E-state index contributed by atoms with van der Waals surface area (Å²) in [5, 5.41) is 2.92. The average molecular weight is 368 g/mol. The van der Waals surface area contributed by atoms with Crippen molar-refractivity contribution in [3.63, 3.8) is 0 Å². The Labute approximate surface area is 148 Å². The highest BCUT2D eigenvalue weighted by atomic mass is 32.2. The predicted octanol–water partition coefficient (Wildman–Crippen LogP) is 1.20. The molecule has 138 valence electrons. The van der Waals surface area contributed by atoms with Crippen LogP contribution >= 0.6 is 0 Å². The van der Waals surface area contributed by atoms with Gasteiger partial charge in [-0.05, 0) is 44.0 Å². The van der Waals surface area contributed by atoms with Gasteiger partial charge < -0.3 is 10.1 Å². The van der Waals surface area contributed by atoms with Crippen molar-refractivity contribution in [1.82, 2.24) is 9.62 Å². The molecular formula is C17H24N2O5S. The summed E-state index contributed by atoms with van der Waals surface area (Å²) < 4.78 is 29.8. The van der Waals surface area contributed by atoms with Gasteiger partial charge in [-0.3, -0.25) is 9.59 Å². The first-order chi connectivity index (χ1) is 11.8. The largest absolute Gasteiger partial charge is 0.493 e. The van der Waals surface area contributed by atoms with Crippen LogP contribution in [0.2, 0.25) is 0 Å². The highest BCUT2D eigenvalue weighted by Crippen LogP contribution is 2.14. The molecule has 0 atom stereocenters. The van der Waals surface area contributed by atoms with Crippen LogP contribution in [-0.2, 0) is 14.8 Å². The fraction of sp³-hybridized carbons (Fsp3) is 0.529. The molecule has 8 heteroatoms. The minimum atomic E-state index is -3.15. The van der Waals surface area contributed by atoms with Gasteiger partial charge in [0.1, 0.15) is 5.75 Å². The zero-order valence-corrected chi connectivity index (χ0v) is 15.3. The molecule has 0 unspecified atom stereocenters. The van der Waals surface area contributed by atoms with Crippen LogP contribution in [0.1, 0.15) is 36.5 Å². The van der Waals surface area contributed by atoms with E-state index < -0.39 is 10.0 Å². The fourth-order valence-electron chi connectivity index (χ4n) is 2.68. The van der Waals surface area contributed by atoms with E-state index in [1.165, 1.54) is 17.5 Å². The van der Waals surface area contributed by atoms with Crippen molar-refractivity contribution in [2.75, 3.05) is 26.0 Å². The van der Waals surface area contributed by atoms with E-state index in [4.69, 9.17) is 4.74 Å². The Kier molecular flexibility index (Phi) is 6.55. The zero-order chi connectivity index (χ0) is 18.4. The number of Topliss-reactive ketones (excluding diaryl/α,β-unsaturated/α-hetero) is 1. The Bertz CT molecular complexity index is 707. The second kappa shape index (κ2) is 8.44. The summed E-state index contributed by atoms with van der Waals surface area (Å²) in [4.78, 5) is 23.1. The maximum Gasteiger partial charge on any atom is 0.223 e. The third kappa shape index (κ3) is 6.13. The van der Waals surface area contributed by atoms with Crippen LogP contribution in [-0.4, -0.2) is 56.4 Å². The van der Waals surface area contributed by atoms with Crippen molar-refractivity contribution in [3.05, 3.63) is 29.8 Å². The molecule has 7 nitrogen and oxygen atoms in total. The third-order valence-electron chi connectivity index (χ3n) is 4.15. The van der Waals surface area contributed by atoms with Gasteiger partial charge in [0, 0.05) is 24.7 Å². The van der Waals surface area contributed by atoms with Crippen molar-refractivity contribution in [2.24, 2.45) is 0 Å². The van der Waals surface area contributed by atoms with E-state index in [1.807, 2.05) is 0 Å². The molecule has 1 aliphatic heterocycles. The van der Waals surface area contributed by atoms with Gasteiger partial charge in [-0.15, -0.1) is 0 Å². The number of nitrogens with zero attached hydrogens (tertiary/aromatic N) is 1. The Balaban J connectivity index is 1.68. The predicted molar refractivity (Wildman–Crippen MR) is 94.1 cm³/mol. The monoisotopic (exact) mass is 368 g/mol. The molecule has 1 heterocycles. The fourth-order valence-corrected chi connectivity index (χ4v) is 3.55. The highest BCUT2D eigenvalue weighted by molar-refractivity contribution is 7.88. The summed E-state index contributed by atoms with van der Waals surface area (Å²) in [6.07, 6.45) is 2.66. The lowest BCUT2D eigenvalue weighted by Gasteiger charge is -2.30. The second-order valence-corrected chi connectivity index (χ2v) is 8.17. The number of piperidine rings is 1. The summed E-state index contributed by atoms with van der Waals surface area (Å²) in [6.45, 7) is 2.61. The Morgan fingerprint density at radius 2 is 1.80 bits per heavy atom. The molecule has 2 rings (SSSR count). The summed E-state index contributed by atoms with van der Waals surface area (Å²) in [7, 11) is -3.15. The van der Waals surface area contributed by atoms with Crippen molar-refractivity contribution in [2.45, 2.75) is 32.2 Å². The van der Waals surface area contributed by atoms with E-state index in [0.717, 1.165) is 0 Å². The highest BCUT2D eigenvalue weighted by Gasteiger charge is 2.25. The lowest BCUT2D eigenvalue weighted by atomic mass is 10.1. The van der Waals surface area contributed by atoms with E-state index in [2.05, 4.69) is 5.32 Å². The number of nitrogens with one attached hydrogen (secondary N) is 1. The van der Waals surface area contributed by atoms with Gasteiger partial charge in [-0.2, -0.15) is 0 Å². The minimum absolute atomic E-state index is 0.000324. The molecule has 1 saturated heterocycles. The molecule has 0 aliphatic carbocycles. The number of rotatable bonds is 7. The molecular weight excluding hydrogens is 344 g/mol. The van der Waals surface area contributed by atoms with Crippen LogP contribution in [0.4, 0.5) is 0 Å². The molecule has 0 radical (unpaired) electrons. The molecule has 1 amide bonds. The summed E-state index contributed by atoms with van der Waals surface area (Å²) >= 11 is 0. The third-order valence-corrected chi connectivity index (χ3v) is 5.45. The van der Waals surface area contributed by atoms with E-state index in [0.29, 0.717) is 37.2 Å². The lowest BCUT2D eigenvalue weighted by Crippen LogP contribution is -2.46. The van der Waals surface area contributed by atoms with Crippen LogP contribution in [0.15, 0.2) is 24.3 Å². The number of hydrogen-bond acceptors (Lipinski definition) is 5. The smallest absolute Gasteiger partial charge is 0.223 e. The molecule has 1 aromatic rings. The van der Waals surface area contributed by atoms with Crippen LogP contribution in [0.3, 0.4) is 0 Å². The number of sulfonamides is 1. The molecule has 0 bridgehead atoms. The quantitative estimate of drug-likeness (QED) is 0.730. The first-order valence-electron chi connectivity index (χ1n) is 8.24. The number of carbonyl (C=O) groups is 2. The van der Waals surface area contributed by atoms with Gasteiger partial charge in [-0.1, -0.05) is 0 Å². The van der Waals surface area contributed by atoms with Gasteiger partial charge in [0.25, 0.3) is 0 Å². The van der Waals surface area contributed by atoms with Crippen LogP contribution in [0.25, 0.3) is 0 Å². The summed E-state index contributed by atoms with van der Waals surface area (Å²) in [5.41, 5.74) is 0.616. The molecule has 0 aromatic heterocycles. The minimum Gasteiger partial charge on any atom is -0.493 e. The molecule has 1 fully saturated rings. The molecule has 1 aromatic carbocycles. The number of amides is 1. The van der Waals surface area contributed by atoms with E-state index in [1.54, 1.807) is 24.3 Å². The Morgan fingerprint density at radius 3 is 2.32 bits per heavy atom. The van der Waals surface area contributed by atoms with Gasteiger partial charge in [-0.25, -0.2) is 12.7 Å². The summed E-state index contributed by atoms with van der Waals surface area (Å²) in [5.74, 6) is 0.491. The summed E-state index contributed by atoms with van der Waals surface area (Å²) in [6, 6.07) is 6.78. The number of ether oxygens (including phenoxy) is 1. The standard InChI is InChI=1S/C17H24N2O5S/c1-13(20)14-3-5-16(6-4-14)24-12-9-17(21)18-15-7-10-19(11-8-15)25(2,22)23/h3-6,15H,7-12H2,1-2H3,(H,18,21). The van der Waals surface area contributed by atoms with Crippen LogP contribution < -0.4 is 10.1 Å². The molecule has 1 aliphatic rings. The van der Waals surface area contributed by atoms with E-state index in [-0.39, 0.29) is 30.8 Å². The topological polar surface area (TPSA) is 92.8 Å². The average Bonchev–Trinajstić information content (AvgIpc) is 2.55. The normalized spacial score (nSPS) is 16.4. The van der Waals surface area contributed by atoms with Crippen molar-refractivity contribution >= 4 is 21.7 Å². The second-order valence-electron chi connectivity index (χ2n) is 6.18. The SMILES string of the molecule is CC(=O)c1ccc(OCCC(=O)NC2CCN(S(C)(=O)=O)CC2)cc1. The molecule has 1 N–H and O–H groups in total.